The fraction of sp³-hybridized carbons (Fsp3) is 0.370. The minimum atomic E-state index is -0.373. The van der Waals surface area contributed by atoms with E-state index in [0.29, 0.717) is 36.1 Å². The number of nitrogens with zero attached hydrogens (tertiary/aromatic N) is 6. The maximum atomic E-state index is 13.6. The van der Waals surface area contributed by atoms with Gasteiger partial charge in [-0.25, -0.2) is 23.7 Å². The largest absolute Gasteiger partial charge is 0.396 e. The van der Waals surface area contributed by atoms with E-state index in [2.05, 4.69) is 33.8 Å². The third-order valence-electron chi connectivity index (χ3n) is 4.42. The first kappa shape index (κ1) is 31.2. The molecule has 0 radical (unpaired) electrons. The van der Waals surface area contributed by atoms with Crippen LogP contribution in [0.25, 0.3) is 17.2 Å². The van der Waals surface area contributed by atoms with Gasteiger partial charge in [0.2, 0.25) is 0 Å². The van der Waals surface area contributed by atoms with E-state index >= 15 is 0 Å². The summed E-state index contributed by atoms with van der Waals surface area (Å²) in [4.78, 5) is 28.1. The van der Waals surface area contributed by atoms with Crippen molar-refractivity contribution in [3.8, 4) is 11.5 Å². The molecule has 0 fully saturated rings. The van der Waals surface area contributed by atoms with Gasteiger partial charge in [-0.3, -0.25) is 9.38 Å². The quantitative estimate of drug-likeness (QED) is 0.355. The SMILES string of the molecule is CC=O.CCC.CCCO.Cc1cnc(-c2cnc3ccc(F)cn23)nc1N(C)Cc1ccc(F)cn1. The summed E-state index contributed by atoms with van der Waals surface area (Å²) in [5.74, 6) is 0.403. The summed E-state index contributed by atoms with van der Waals surface area (Å²) >= 11 is 0. The highest BCUT2D eigenvalue weighted by molar-refractivity contribution is 5.59. The Morgan fingerprint density at radius 1 is 1.00 bits per heavy atom. The number of pyridine rings is 2. The molecule has 0 amide bonds. The van der Waals surface area contributed by atoms with Crippen LogP contribution in [0.3, 0.4) is 0 Å². The molecule has 0 aliphatic heterocycles. The molecule has 4 aromatic rings. The van der Waals surface area contributed by atoms with Crippen LogP contribution in [0.5, 0.6) is 0 Å². The molecule has 8 nitrogen and oxygen atoms in total. The number of aldehydes is 1. The van der Waals surface area contributed by atoms with Crippen molar-refractivity contribution in [3.05, 3.63) is 71.9 Å². The van der Waals surface area contributed by atoms with E-state index in [1.165, 1.54) is 37.9 Å². The van der Waals surface area contributed by atoms with E-state index in [0.717, 1.165) is 24.0 Å². The lowest BCUT2D eigenvalue weighted by molar-refractivity contribution is -0.106. The van der Waals surface area contributed by atoms with Gasteiger partial charge in [0.25, 0.3) is 0 Å². The topological polar surface area (TPSA) is 96.5 Å². The fourth-order valence-electron chi connectivity index (χ4n) is 2.88. The first-order chi connectivity index (χ1) is 17.8. The summed E-state index contributed by atoms with van der Waals surface area (Å²) in [6.07, 6.45) is 8.75. The third-order valence-corrected chi connectivity index (χ3v) is 4.42. The number of carbonyl (C=O) groups is 1. The number of hydrogen-bond acceptors (Lipinski definition) is 7. The minimum absolute atomic E-state index is 0.319. The van der Waals surface area contributed by atoms with Crippen molar-refractivity contribution in [1.82, 2.24) is 24.3 Å². The molecular formula is C27H36F2N6O2. The van der Waals surface area contributed by atoms with Crippen LogP contribution in [0.1, 0.15) is 51.8 Å². The van der Waals surface area contributed by atoms with Gasteiger partial charge >= 0.3 is 0 Å². The standard InChI is InChI=1S/C19H16F2N6.C3H8O.C3H8.C2H4O/c1-12-7-24-18(16-9-23-17-6-4-14(21)10-27(16)17)25-19(12)26(2)11-15-5-3-13(20)8-22-15;1-2-3-4;1-3-2;1-2-3/h3-10H,11H2,1-2H3;4H,2-3H2,1H3;3H2,1-2H3;2H,1H3. The zero-order valence-corrected chi connectivity index (χ0v) is 22.3. The lowest BCUT2D eigenvalue weighted by atomic mass is 10.3. The minimum Gasteiger partial charge on any atom is -0.396 e. The van der Waals surface area contributed by atoms with Crippen molar-refractivity contribution in [2.45, 2.75) is 54.0 Å². The molecule has 0 bridgehead atoms. The number of aliphatic hydroxyl groups is 1. The number of imidazole rings is 1. The van der Waals surface area contributed by atoms with Crippen molar-refractivity contribution in [1.29, 1.82) is 0 Å². The number of aromatic nitrogens is 5. The molecule has 0 aliphatic carbocycles. The summed E-state index contributed by atoms with van der Waals surface area (Å²) in [6.45, 7) is 10.3. The molecule has 10 heteroatoms. The van der Waals surface area contributed by atoms with Crippen LogP contribution in [0.2, 0.25) is 0 Å². The van der Waals surface area contributed by atoms with E-state index in [4.69, 9.17) is 9.90 Å². The normalized spacial score (nSPS) is 9.76. The lowest BCUT2D eigenvalue weighted by Gasteiger charge is -2.20. The Balaban J connectivity index is 0.000000594. The maximum absolute atomic E-state index is 13.6. The van der Waals surface area contributed by atoms with Crippen molar-refractivity contribution < 1.29 is 18.7 Å². The maximum Gasteiger partial charge on any atom is 0.180 e. The van der Waals surface area contributed by atoms with Crippen LogP contribution in [0.15, 0.2) is 49.1 Å². The Kier molecular flexibility index (Phi) is 14.2. The van der Waals surface area contributed by atoms with Gasteiger partial charge in [0.15, 0.2) is 5.82 Å². The molecule has 0 saturated heterocycles. The zero-order chi connectivity index (χ0) is 27.8. The molecule has 0 saturated carbocycles. The summed E-state index contributed by atoms with van der Waals surface area (Å²) in [5, 5.41) is 7.88. The molecule has 0 unspecified atom stereocenters. The highest BCUT2D eigenvalue weighted by Crippen LogP contribution is 2.23. The number of halogens is 2. The average Bonchev–Trinajstić information content (AvgIpc) is 3.30. The number of fused-ring (bicyclic) bond motifs is 1. The van der Waals surface area contributed by atoms with E-state index in [1.807, 2.05) is 25.8 Å². The molecular weight excluding hydrogens is 478 g/mol. The Morgan fingerprint density at radius 3 is 2.19 bits per heavy atom. The lowest BCUT2D eigenvalue weighted by Crippen LogP contribution is -2.20. The summed E-state index contributed by atoms with van der Waals surface area (Å²) in [7, 11) is 1.87. The van der Waals surface area contributed by atoms with Gasteiger partial charge in [-0.05, 0) is 44.5 Å². The second-order valence-electron chi connectivity index (χ2n) is 7.91. The van der Waals surface area contributed by atoms with E-state index in [1.54, 1.807) is 28.9 Å². The smallest absolute Gasteiger partial charge is 0.180 e. The van der Waals surface area contributed by atoms with Crippen LogP contribution < -0.4 is 4.90 Å². The molecule has 200 valence electrons. The zero-order valence-electron chi connectivity index (χ0n) is 22.3. The monoisotopic (exact) mass is 514 g/mol. The Morgan fingerprint density at radius 2 is 1.62 bits per heavy atom. The molecule has 4 rings (SSSR count). The molecule has 4 heterocycles. The number of anilines is 1. The molecule has 0 aliphatic rings. The van der Waals surface area contributed by atoms with E-state index < -0.39 is 0 Å². The van der Waals surface area contributed by atoms with Crippen LogP contribution in [0, 0.1) is 18.6 Å². The number of carbonyl (C=O) groups excluding carboxylic acids is 1. The molecule has 0 aromatic carbocycles. The second kappa shape index (κ2) is 16.8. The van der Waals surface area contributed by atoms with Crippen LogP contribution in [0.4, 0.5) is 14.6 Å². The van der Waals surface area contributed by atoms with Gasteiger partial charge < -0.3 is 14.8 Å². The highest BCUT2D eigenvalue weighted by atomic mass is 19.1. The number of aryl methyl sites for hydroxylation is 1. The van der Waals surface area contributed by atoms with Gasteiger partial charge in [0.05, 0.1) is 24.6 Å². The van der Waals surface area contributed by atoms with Crippen LogP contribution in [-0.4, -0.2) is 49.4 Å². The Bertz CT molecular complexity index is 1210. The van der Waals surface area contributed by atoms with Crippen molar-refractivity contribution in [3.63, 3.8) is 0 Å². The van der Waals surface area contributed by atoms with Crippen molar-refractivity contribution >= 4 is 17.8 Å². The first-order valence-corrected chi connectivity index (χ1v) is 12.0. The predicted molar refractivity (Wildman–Crippen MR) is 142 cm³/mol. The Labute approximate surface area is 217 Å². The molecule has 0 spiro atoms. The second-order valence-corrected chi connectivity index (χ2v) is 7.91. The van der Waals surface area contributed by atoms with E-state index in [9.17, 15) is 8.78 Å². The van der Waals surface area contributed by atoms with Gasteiger partial charge in [-0.15, -0.1) is 0 Å². The summed E-state index contributed by atoms with van der Waals surface area (Å²) in [5.41, 5.74) is 2.80. The number of rotatable bonds is 5. The average molecular weight is 515 g/mol. The number of hydrogen-bond donors (Lipinski definition) is 1. The predicted octanol–water partition coefficient (Wildman–Crippen LogP) is 5.42. The molecule has 37 heavy (non-hydrogen) atoms. The first-order valence-electron chi connectivity index (χ1n) is 12.0. The molecule has 0 atom stereocenters. The molecule has 1 N–H and O–H groups in total. The van der Waals surface area contributed by atoms with Gasteiger partial charge in [-0.2, -0.15) is 0 Å². The third kappa shape index (κ3) is 10.0. The van der Waals surface area contributed by atoms with Gasteiger partial charge in [0, 0.05) is 31.6 Å². The van der Waals surface area contributed by atoms with Gasteiger partial charge in [0.1, 0.15) is 35.1 Å². The van der Waals surface area contributed by atoms with E-state index in [-0.39, 0.29) is 11.6 Å². The van der Waals surface area contributed by atoms with Crippen LogP contribution >= 0.6 is 0 Å². The van der Waals surface area contributed by atoms with Crippen molar-refractivity contribution in [2.75, 3.05) is 18.6 Å². The summed E-state index contributed by atoms with van der Waals surface area (Å²) in [6, 6.07) is 5.97. The summed E-state index contributed by atoms with van der Waals surface area (Å²) < 4.78 is 28.3. The van der Waals surface area contributed by atoms with Crippen molar-refractivity contribution in [2.24, 2.45) is 0 Å². The van der Waals surface area contributed by atoms with Crippen LogP contribution in [-0.2, 0) is 11.3 Å². The molecule has 4 aromatic heterocycles. The highest BCUT2D eigenvalue weighted by Gasteiger charge is 2.14. The number of aliphatic hydroxyl groups excluding tert-OH is 1. The Hall–Kier alpha value is -3.79. The fourth-order valence-corrected chi connectivity index (χ4v) is 2.88. The van der Waals surface area contributed by atoms with Gasteiger partial charge in [-0.1, -0.05) is 27.2 Å².